The van der Waals surface area contributed by atoms with Gasteiger partial charge in [0.05, 0.1) is 6.42 Å². The number of carbonyl (C=O) groups is 2. The maximum absolute atomic E-state index is 12.9. The summed E-state index contributed by atoms with van der Waals surface area (Å²) < 4.78 is 18.0. The lowest BCUT2D eigenvalue weighted by atomic mass is 10.1. The van der Waals surface area contributed by atoms with E-state index in [0.29, 0.717) is 0 Å². The Hall–Kier alpha value is -1.71. The summed E-state index contributed by atoms with van der Waals surface area (Å²) in [6, 6.07) is 5.43. The molecule has 0 amide bonds. The molecule has 0 aliphatic heterocycles. The van der Waals surface area contributed by atoms with Crippen molar-refractivity contribution in [2.75, 3.05) is 0 Å². The molecule has 0 N–H and O–H groups in total. The third-order valence-corrected chi connectivity index (χ3v) is 2.12. The minimum Gasteiger partial charge on any atom is -0.460 e. The Morgan fingerprint density at radius 2 is 1.89 bits per heavy atom. The van der Waals surface area contributed by atoms with Crippen molar-refractivity contribution in [3.05, 3.63) is 35.6 Å². The van der Waals surface area contributed by atoms with Crippen molar-refractivity contribution in [1.82, 2.24) is 0 Å². The van der Waals surface area contributed by atoms with Crippen LogP contribution in [0.2, 0.25) is 0 Å². The van der Waals surface area contributed by atoms with E-state index in [4.69, 9.17) is 4.74 Å². The smallest absolute Gasteiger partial charge is 0.306 e. The van der Waals surface area contributed by atoms with Gasteiger partial charge in [0.25, 0.3) is 0 Å². The van der Waals surface area contributed by atoms with Crippen LogP contribution in [0.25, 0.3) is 0 Å². The average molecular weight is 252 g/mol. The largest absolute Gasteiger partial charge is 0.460 e. The first kappa shape index (κ1) is 14.4. The zero-order valence-corrected chi connectivity index (χ0v) is 10.8. The maximum Gasteiger partial charge on any atom is 0.306 e. The van der Waals surface area contributed by atoms with E-state index in [-0.39, 0.29) is 24.2 Å². The number of ether oxygens (including phenoxy) is 1. The monoisotopic (exact) mass is 252 g/mol. The third-order valence-electron chi connectivity index (χ3n) is 2.12. The Balaban J connectivity index is 2.49. The number of benzene rings is 1. The molecule has 4 heteroatoms. The van der Waals surface area contributed by atoms with Crippen LogP contribution in [0.5, 0.6) is 0 Å². The van der Waals surface area contributed by atoms with Crippen LogP contribution in [-0.4, -0.2) is 17.4 Å². The van der Waals surface area contributed by atoms with Crippen molar-refractivity contribution in [2.45, 2.75) is 39.2 Å². The van der Waals surface area contributed by atoms with Gasteiger partial charge in [0.1, 0.15) is 11.4 Å². The highest BCUT2D eigenvalue weighted by Gasteiger charge is 2.17. The van der Waals surface area contributed by atoms with Crippen molar-refractivity contribution in [2.24, 2.45) is 0 Å². The van der Waals surface area contributed by atoms with E-state index in [1.54, 1.807) is 20.8 Å². The standard InChI is InChI=1S/C14H17FO3/c1-14(2,3)18-13(17)8-7-12(16)10-5-4-6-11(15)9-10/h4-6,9H,7-8H2,1-3H3. The molecule has 0 spiro atoms. The topological polar surface area (TPSA) is 43.4 Å². The highest BCUT2D eigenvalue weighted by Crippen LogP contribution is 2.12. The Labute approximate surface area is 106 Å². The highest BCUT2D eigenvalue weighted by atomic mass is 19.1. The van der Waals surface area contributed by atoms with Crippen LogP contribution in [0.3, 0.4) is 0 Å². The Morgan fingerprint density at radius 3 is 2.44 bits per heavy atom. The van der Waals surface area contributed by atoms with E-state index >= 15 is 0 Å². The molecule has 0 fully saturated rings. The van der Waals surface area contributed by atoms with Crippen molar-refractivity contribution < 1.29 is 18.7 Å². The van der Waals surface area contributed by atoms with E-state index in [1.165, 1.54) is 18.2 Å². The molecule has 98 valence electrons. The van der Waals surface area contributed by atoms with Gasteiger partial charge in [-0.2, -0.15) is 0 Å². The summed E-state index contributed by atoms with van der Waals surface area (Å²) in [5.74, 6) is -1.15. The van der Waals surface area contributed by atoms with Crippen LogP contribution in [-0.2, 0) is 9.53 Å². The second-order valence-corrected chi connectivity index (χ2v) is 5.02. The predicted octanol–water partition coefficient (Wildman–Crippen LogP) is 3.13. The van der Waals surface area contributed by atoms with Gasteiger partial charge in [-0.3, -0.25) is 9.59 Å². The van der Waals surface area contributed by atoms with E-state index in [9.17, 15) is 14.0 Å². The summed E-state index contributed by atoms with van der Waals surface area (Å²) in [7, 11) is 0. The molecule has 0 aliphatic carbocycles. The first-order valence-corrected chi connectivity index (χ1v) is 5.78. The minimum atomic E-state index is -0.557. The SMILES string of the molecule is CC(C)(C)OC(=O)CCC(=O)c1cccc(F)c1. The molecular weight excluding hydrogens is 235 g/mol. The number of hydrogen-bond acceptors (Lipinski definition) is 3. The summed E-state index contributed by atoms with van der Waals surface area (Å²) in [4.78, 5) is 23.1. The van der Waals surface area contributed by atoms with E-state index in [1.807, 2.05) is 0 Å². The molecule has 3 nitrogen and oxygen atoms in total. The molecule has 0 bridgehead atoms. The van der Waals surface area contributed by atoms with Crippen LogP contribution in [0, 0.1) is 5.82 Å². The fourth-order valence-electron chi connectivity index (χ4n) is 1.41. The number of rotatable bonds is 4. The first-order valence-electron chi connectivity index (χ1n) is 5.78. The lowest BCUT2D eigenvalue weighted by Crippen LogP contribution is -2.24. The predicted molar refractivity (Wildman–Crippen MR) is 65.8 cm³/mol. The summed E-state index contributed by atoms with van der Waals surface area (Å²) in [6.07, 6.45) is 0.0327. The van der Waals surface area contributed by atoms with Crippen LogP contribution in [0.15, 0.2) is 24.3 Å². The van der Waals surface area contributed by atoms with E-state index in [2.05, 4.69) is 0 Å². The molecule has 0 saturated carbocycles. The summed E-state index contributed by atoms with van der Waals surface area (Å²) in [5.41, 5.74) is -0.280. The lowest BCUT2D eigenvalue weighted by Gasteiger charge is -2.19. The molecule has 1 aromatic rings. The van der Waals surface area contributed by atoms with Gasteiger partial charge < -0.3 is 4.74 Å². The van der Waals surface area contributed by atoms with Crippen molar-refractivity contribution in [3.63, 3.8) is 0 Å². The number of hydrogen-bond donors (Lipinski definition) is 0. The second-order valence-electron chi connectivity index (χ2n) is 5.02. The molecule has 0 radical (unpaired) electrons. The van der Waals surface area contributed by atoms with E-state index < -0.39 is 17.4 Å². The summed E-state index contributed by atoms with van der Waals surface area (Å²) in [6.45, 7) is 5.29. The van der Waals surface area contributed by atoms with Crippen LogP contribution in [0.4, 0.5) is 4.39 Å². The Bertz CT molecular complexity index is 447. The molecule has 18 heavy (non-hydrogen) atoms. The Morgan fingerprint density at radius 1 is 1.22 bits per heavy atom. The summed E-state index contributed by atoms with van der Waals surface area (Å²) in [5, 5.41) is 0. The zero-order chi connectivity index (χ0) is 13.8. The van der Waals surface area contributed by atoms with Gasteiger partial charge in [-0.1, -0.05) is 12.1 Å². The van der Waals surface area contributed by atoms with Gasteiger partial charge in [0.2, 0.25) is 0 Å². The number of esters is 1. The summed E-state index contributed by atoms with van der Waals surface area (Å²) >= 11 is 0. The average Bonchev–Trinajstić information content (AvgIpc) is 2.23. The van der Waals surface area contributed by atoms with Crippen molar-refractivity contribution in [1.29, 1.82) is 0 Å². The van der Waals surface area contributed by atoms with Crippen molar-refractivity contribution in [3.8, 4) is 0 Å². The normalized spacial score (nSPS) is 11.1. The maximum atomic E-state index is 12.9. The number of ketones is 1. The van der Waals surface area contributed by atoms with Crippen LogP contribution in [0.1, 0.15) is 44.0 Å². The molecule has 0 aromatic heterocycles. The molecule has 0 aliphatic rings. The molecule has 0 unspecified atom stereocenters. The van der Waals surface area contributed by atoms with Gasteiger partial charge in [0.15, 0.2) is 5.78 Å². The number of carbonyl (C=O) groups excluding carboxylic acids is 2. The van der Waals surface area contributed by atoms with Gasteiger partial charge in [-0.25, -0.2) is 4.39 Å². The molecule has 0 atom stereocenters. The van der Waals surface area contributed by atoms with Gasteiger partial charge in [-0.15, -0.1) is 0 Å². The Kier molecular flexibility index (Phi) is 4.59. The number of halogens is 1. The van der Waals surface area contributed by atoms with Gasteiger partial charge in [0, 0.05) is 12.0 Å². The zero-order valence-electron chi connectivity index (χ0n) is 10.8. The van der Waals surface area contributed by atoms with Crippen LogP contribution < -0.4 is 0 Å². The molecule has 0 saturated heterocycles. The number of Topliss-reactive ketones (excluding diaryl/α,β-unsaturated/α-hetero) is 1. The molecule has 1 rings (SSSR count). The highest BCUT2D eigenvalue weighted by molar-refractivity contribution is 5.97. The van der Waals surface area contributed by atoms with Crippen LogP contribution >= 0.6 is 0 Å². The second kappa shape index (κ2) is 5.76. The third kappa shape index (κ3) is 5.08. The lowest BCUT2D eigenvalue weighted by molar-refractivity contribution is -0.154. The van der Waals surface area contributed by atoms with Crippen molar-refractivity contribution >= 4 is 11.8 Å². The quantitative estimate of drug-likeness (QED) is 0.610. The molecule has 1 aromatic carbocycles. The molecular formula is C14H17FO3. The van der Waals surface area contributed by atoms with Gasteiger partial charge >= 0.3 is 5.97 Å². The first-order chi connectivity index (χ1) is 8.28. The minimum absolute atomic E-state index is 0.00656. The van der Waals surface area contributed by atoms with E-state index in [0.717, 1.165) is 6.07 Å². The fraction of sp³-hybridized carbons (Fsp3) is 0.429. The fourth-order valence-corrected chi connectivity index (χ4v) is 1.41. The van der Waals surface area contributed by atoms with Gasteiger partial charge in [-0.05, 0) is 32.9 Å². The molecule has 0 heterocycles.